The van der Waals surface area contributed by atoms with E-state index in [1.54, 1.807) is 0 Å². The van der Waals surface area contributed by atoms with E-state index >= 15 is 0 Å². The molecule has 182 valence electrons. The summed E-state index contributed by atoms with van der Waals surface area (Å²) < 4.78 is 9.38. The summed E-state index contributed by atoms with van der Waals surface area (Å²) in [5, 5.41) is 16.3. The minimum Gasteiger partial charge on any atom is -0.481 e. The molecule has 0 fully saturated rings. The van der Waals surface area contributed by atoms with Gasteiger partial charge in [-0.1, -0.05) is 24.6 Å². The van der Waals surface area contributed by atoms with Crippen molar-refractivity contribution < 1.29 is 37.9 Å². The lowest BCUT2D eigenvalue weighted by molar-refractivity contribution is -0.141. The molecule has 0 unspecified atom stereocenters. The molecule has 0 saturated heterocycles. The van der Waals surface area contributed by atoms with E-state index in [-0.39, 0.29) is 23.2 Å². The minimum atomic E-state index is -1.24. The van der Waals surface area contributed by atoms with Crippen molar-refractivity contribution in [3.8, 4) is 0 Å². The number of unbranched alkanes of at least 4 members (excludes halogenated alkanes) is 3. The average Bonchev–Trinajstić information content (AvgIpc) is 3.05. The number of rotatable bonds is 15. The lowest BCUT2D eigenvalue weighted by atomic mass is 10.1. The minimum absolute atomic E-state index is 0.0529. The highest BCUT2D eigenvalue weighted by Gasteiger charge is 2.24. The van der Waals surface area contributed by atoms with Crippen LogP contribution in [0, 0.1) is 6.92 Å². The Morgan fingerprint density at radius 1 is 1.12 bits per heavy atom. The molecule has 2 amide bonds. The fourth-order valence-corrected chi connectivity index (χ4v) is 3.27. The molecule has 0 radical (unpaired) electrons. The summed E-state index contributed by atoms with van der Waals surface area (Å²) in [6.45, 7) is 3.05. The number of hydrogen-bond acceptors (Lipinski definition) is 11. The Morgan fingerprint density at radius 3 is 2.39 bits per heavy atom. The van der Waals surface area contributed by atoms with Crippen LogP contribution in [0.4, 0.5) is 0 Å². The standard InChI is InChI=1S/C20H27N3O9S/c1-12-16(32-20(30)31-12)10-22-15(11-24)19(29)23-18(28)14(9-17(26)27)21-7-5-3-4-6-8-33-13(2)25/h14,21-22H,3-10H2,1-2H3,(H,26,27)(H,23,28,29)/t14-/m0/s1. The number of carboxylic acid groups (broad SMARTS) is 1. The summed E-state index contributed by atoms with van der Waals surface area (Å²) in [7, 11) is 0. The number of amides is 2. The van der Waals surface area contributed by atoms with Gasteiger partial charge < -0.3 is 24.6 Å². The van der Waals surface area contributed by atoms with Crippen molar-refractivity contribution in [1.29, 1.82) is 0 Å². The molecule has 0 aromatic carbocycles. The van der Waals surface area contributed by atoms with E-state index in [9.17, 15) is 28.8 Å². The van der Waals surface area contributed by atoms with Gasteiger partial charge in [0.25, 0.3) is 5.91 Å². The molecular formula is C20H27N3O9S. The van der Waals surface area contributed by atoms with Crippen molar-refractivity contribution in [2.75, 3.05) is 12.3 Å². The SMILES string of the molecule is CC(=O)SCCCCCCN[C@@H](CC(=O)O)C(=O)NC(=O)C(=C=O)NCc1oc(=O)oc1C. The molecule has 1 aromatic heterocycles. The summed E-state index contributed by atoms with van der Waals surface area (Å²) in [5.41, 5.74) is -0.635. The van der Waals surface area contributed by atoms with Crippen LogP contribution in [0.1, 0.15) is 50.5 Å². The number of nitrogens with one attached hydrogen (secondary N) is 3. The molecule has 0 bridgehead atoms. The zero-order chi connectivity index (χ0) is 24.8. The molecule has 13 heteroatoms. The fraction of sp³-hybridized carbons (Fsp3) is 0.550. The van der Waals surface area contributed by atoms with Gasteiger partial charge in [0.15, 0.2) is 22.5 Å². The Morgan fingerprint density at radius 2 is 1.82 bits per heavy atom. The third-order valence-corrected chi connectivity index (χ3v) is 5.19. The van der Waals surface area contributed by atoms with Crippen LogP contribution < -0.4 is 21.8 Å². The highest BCUT2D eigenvalue weighted by Crippen LogP contribution is 2.08. The monoisotopic (exact) mass is 485 g/mol. The van der Waals surface area contributed by atoms with Crippen LogP contribution in [0.15, 0.2) is 19.3 Å². The largest absolute Gasteiger partial charge is 0.519 e. The third-order valence-electron chi connectivity index (χ3n) is 4.29. The van der Waals surface area contributed by atoms with Crippen LogP contribution in [0.25, 0.3) is 0 Å². The van der Waals surface area contributed by atoms with Crippen LogP contribution in [-0.2, 0) is 30.5 Å². The molecule has 1 atom stereocenters. The summed E-state index contributed by atoms with van der Waals surface area (Å²) in [4.78, 5) is 68.6. The van der Waals surface area contributed by atoms with Crippen LogP contribution >= 0.6 is 11.8 Å². The van der Waals surface area contributed by atoms with E-state index in [0.717, 1.165) is 25.0 Å². The van der Waals surface area contributed by atoms with Gasteiger partial charge >= 0.3 is 11.8 Å². The van der Waals surface area contributed by atoms with Gasteiger partial charge in [-0.05, 0) is 26.3 Å². The van der Waals surface area contributed by atoms with Gasteiger partial charge in [-0.15, -0.1) is 0 Å². The first-order valence-electron chi connectivity index (χ1n) is 10.2. The van der Waals surface area contributed by atoms with Crippen LogP contribution in [-0.4, -0.2) is 52.3 Å². The molecule has 0 aliphatic carbocycles. The number of carbonyl (C=O) groups is 4. The predicted octanol–water partition coefficient (Wildman–Crippen LogP) is 0.262. The van der Waals surface area contributed by atoms with Gasteiger partial charge in [0, 0.05) is 12.7 Å². The summed E-state index contributed by atoms with van der Waals surface area (Å²) in [6, 6.07) is -1.19. The van der Waals surface area contributed by atoms with Crippen LogP contribution in [0.3, 0.4) is 0 Å². The number of carboxylic acids is 1. The summed E-state index contributed by atoms with van der Waals surface area (Å²) >= 11 is 1.26. The van der Waals surface area contributed by atoms with Crippen LogP contribution in [0.2, 0.25) is 0 Å². The first-order chi connectivity index (χ1) is 15.6. The first-order valence-corrected chi connectivity index (χ1v) is 11.1. The van der Waals surface area contributed by atoms with E-state index in [1.165, 1.54) is 31.6 Å². The quantitative estimate of drug-likeness (QED) is 0.151. The predicted molar refractivity (Wildman–Crippen MR) is 117 cm³/mol. The zero-order valence-corrected chi connectivity index (χ0v) is 19.2. The highest BCUT2D eigenvalue weighted by atomic mass is 32.2. The second kappa shape index (κ2) is 14.8. The van der Waals surface area contributed by atoms with Gasteiger partial charge in [-0.2, -0.15) is 0 Å². The Bertz CT molecular complexity index is 947. The maximum absolute atomic E-state index is 12.4. The number of aryl methyl sites for hydroxylation is 1. The summed E-state index contributed by atoms with van der Waals surface area (Å²) in [6.07, 6.45) is 2.66. The molecule has 1 rings (SSSR count). The van der Waals surface area contributed by atoms with Crippen molar-refractivity contribution in [2.45, 2.75) is 58.5 Å². The van der Waals surface area contributed by atoms with E-state index in [4.69, 9.17) is 9.52 Å². The number of aliphatic carboxylic acids is 1. The van der Waals surface area contributed by atoms with Gasteiger partial charge in [0.05, 0.1) is 19.0 Å². The molecule has 12 nitrogen and oxygen atoms in total. The van der Waals surface area contributed by atoms with Gasteiger partial charge in [0.1, 0.15) is 5.76 Å². The van der Waals surface area contributed by atoms with Crippen molar-refractivity contribution in [1.82, 2.24) is 16.0 Å². The molecular weight excluding hydrogens is 458 g/mol. The highest BCUT2D eigenvalue weighted by molar-refractivity contribution is 8.13. The van der Waals surface area contributed by atoms with Crippen molar-refractivity contribution in [2.24, 2.45) is 0 Å². The van der Waals surface area contributed by atoms with Crippen molar-refractivity contribution >= 4 is 40.6 Å². The van der Waals surface area contributed by atoms with Gasteiger partial charge in [-0.25, -0.2) is 9.59 Å². The second-order valence-corrected chi connectivity index (χ2v) is 8.21. The first kappa shape index (κ1) is 27.9. The molecule has 1 heterocycles. The maximum atomic E-state index is 12.4. The maximum Gasteiger partial charge on any atom is 0.519 e. The Kier molecular flexibility index (Phi) is 12.5. The number of imide groups is 1. The Balaban J connectivity index is 2.51. The van der Waals surface area contributed by atoms with Crippen molar-refractivity contribution in [3.05, 3.63) is 27.8 Å². The van der Waals surface area contributed by atoms with E-state index in [2.05, 4.69) is 15.1 Å². The smallest absolute Gasteiger partial charge is 0.481 e. The number of carbonyl (C=O) groups excluding carboxylic acids is 4. The van der Waals surface area contributed by atoms with Crippen molar-refractivity contribution in [3.63, 3.8) is 0 Å². The zero-order valence-electron chi connectivity index (χ0n) is 18.4. The molecule has 0 aliphatic rings. The molecule has 33 heavy (non-hydrogen) atoms. The lowest BCUT2D eigenvalue weighted by Gasteiger charge is -2.16. The lowest BCUT2D eigenvalue weighted by Crippen LogP contribution is -2.49. The van der Waals surface area contributed by atoms with E-state index < -0.39 is 41.8 Å². The number of thioether (sulfide) groups is 1. The number of hydrogen-bond donors (Lipinski definition) is 4. The molecule has 0 saturated carbocycles. The molecule has 1 aromatic rings. The molecule has 4 N–H and O–H groups in total. The Labute approximate surface area is 193 Å². The fourth-order valence-electron chi connectivity index (χ4n) is 2.63. The van der Waals surface area contributed by atoms with E-state index in [1.807, 2.05) is 5.32 Å². The van der Waals surface area contributed by atoms with Gasteiger partial charge in [-0.3, -0.25) is 24.5 Å². The van der Waals surface area contributed by atoms with Crippen LogP contribution in [0.5, 0.6) is 0 Å². The molecule has 0 spiro atoms. The Hall–Kier alpha value is -3.15. The molecule has 0 aliphatic heterocycles. The average molecular weight is 486 g/mol. The normalized spacial score (nSPS) is 11.3. The third kappa shape index (κ3) is 11.3. The summed E-state index contributed by atoms with van der Waals surface area (Å²) in [5.74, 6) is -1.93. The van der Waals surface area contributed by atoms with E-state index in [0.29, 0.717) is 13.0 Å². The second-order valence-electron chi connectivity index (χ2n) is 6.94. The topological polar surface area (TPSA) is 185 Å². The van der Waals surface area contributed by atoms with Gasteiger partial charge in [0.2, 0.25) is 5.91 Å².